The van der Waals surface area contributed by atoms with E-state index in [2.05, 4.69) is 13.8 Å². The summed E-state index contributed by atoms with van der Waals surface area (Å²) in [5, 5.41) is 0.554. The Morgan fingerprint density at radius 3 is 2.60 bits per heavy atom. The van der Waals surface area contributed by atoms with E-state index in [1.807, 2.05) is 24.3 Å². The van der Waals surface area contributed by atoms with Crippen LogP contribution in [0.25, 0.3) is 0 Å². The van der Waals surface area contributed by atoms with Gasteiger partial charge in [-0.05, 0) is 29.7 Å². The van der Waals surface area contributed by atoms with E-state index >= 15 is 0 Å². The van der Waals surface area contributed by atoms with Crippen LogP contribution in [0.15, 0.2) is 48.5 Å². The maximum absolute atomic E-state index is 12.1. The topological polar surface area (TPSA) is 26.3 Å². The Hall–Kier alpha value is -1.80. The van der Waals surface area contributed by atoms with Gasteiger partial charge in [-0.3, -0.25) is 4.79 Å². The van der Waals surface area contributed by atoms with E-state index in [9.17, 15) is 4.79 Å². The van der Waals surface area contributed by atoms with Crippen molar-refractivity contribution in [3.8, 4) is 5.75 Å². The van der Waals surface area contributed by atoms with Crippen molar-refractivity contribution in [3.05, 3.63) is 64.7 Å². The van der Waals surface area contributed by atoms with Gasteiger partial charge in [0.2, 0.25) is 0 Å². The van der Waals surface area contributed by atoms with Gasteiger partial charge in [-0.25, -0.2) is 0 Å². The fourth-order valence-electron chi connectivity index (χ4n) is 1.98. The number of carbonyl (C=O) groups excluding carboxylic acids is 1. The van der Waals surface area contributed by atoms with Crippen LogP contribution in [0.5, 0.6) is 5.75 Å². The van der Waals surface area contributed by atoms with E-state index in [1.165, 1.54) is 0 Å². The molecule has 2 aromatic rings. The predicted molar refractivity (Wildman–Crippen MR) is 81.8 cm³/mol. The van der Waals surface area contributed by atoms with Gasteiger partial charge in [-0.2, -0.15) is 0 Å². The molecule has 0 aromatic heterocycles. The summed E-state index contributed by atoms with van der Waals surface area (Å²) in [6.45, 7) is 4.21. The van der Waals surface area contributed by atoms with Crippen LogP contribution in [-0.4, -0.2) is 12.4 Å². The first-order valence-electron chi connectivity index (χ1n) is 6.58. The van der Waals surface area contributed by atoms with Crippen LogP contribution in [0.2, 0.25) is 5.02 Å². The summed E-state index contributed by atoms with van der Waals surface area (Å²) in [5.74, 6) is 1.04. The van der Waals surface area contributed by atoms with Crippen molar-refractivity contribution >= 4 is 17.4 Å². The molecule has 0 aliphatic carbocycles. The summed E-state index contributed by atoms with van der Waals surface area (Å²) in [6, 6.07) is 14.7. The summed E-state index contributed by atoms with van der Waals surface area (Å²) < 4.78 is 5.66. The number of Topliss-reactive ketones (excluding diaryl/α,β-unsaturated/α-hetero) is 1. The van der Waals surface area contributed by atoms with Crippen molar-refractivity contribution in [2.45, 2.75) is 19.8 Å². The Kier molecular flexibility index (Phi) is 4.80. The van der Waals surface area contributed by atoms with Gasteiger partial charge in [0.05, 0.1) is 0 Å². The molecule has 20 heavy (non-hydrogen) atoms. The molecule has 2 aromatic carbocycles. The molecule has 0 atom stereocenters. The molecule has 0 N–H and O–H groups in total. The first kappa shape index (κ1) is 14.6. The number of rotatable bonds is 5. The number of ketones is 1. The second-order valence-corrected chi connectivity index (χ2v) is 5.35. The van der Waals surface area contributed by atoms with Gasteiger partial charge in [0.1, 0.15) is 5.75 Å². The average Bonchev–Trinajstić information content (AvgIpc) is 2.45. The van der Waals surface area contributed by atoms with Crippen LogP contribution in [0, 0.1) is 0 Å². The first-order chi connectivity index (χ1) is 9.58. The summed E-state index contributed by atoms with van der Waals surface area (Å²) in [7, 11) is 0. The highest BCUT2D eigenvalue weighted by molar-refractivity contribution is 6.31. The van der Waals surface area contributed by atoms with E-state index in [0.717, 1.165) is 11.3 Å². The monoisotopic (exact) mass is 288 g/mol. The highest BCUT2D eigenvalue weighted by Crippen LogP contribution is 2.26. The molecule has 2 rings (SSSR count). The molecule has 0 aliphatic heterocycles. The third-order valence-corrected chi connectivity index (χ3v) is 3.28. The Morgan fingerprint density at radius 1 is 1.15 bits per heavy atom. The SMILES string of the molecule is CC(C)c1ccccc1OCC(=O)c1cccc(Cl)c1. The number of hydrogen-bond acceptors (Lipinski definition) is 2. The van der Waals surface area contributed by atoms with Gasteiger partial charge in [0.25, 0.3) is 0 Å². The third-order valence-electron chi connectivity index (χ3n) is 3.05. The normalized spacial score (nSPS) is 10.6. The highest BCUT2D eigenvalue weighted by Gasteiger charge is 2.10. The molecule has 0 bridgehead atoms. The number of carbonyl (C=O) groups is 1. The van der Waals surface area contributed by atoms with Gasteiger partial charge in [-0.15, -0.1) is 0 Å². The molecular formula is C17H17ClO2. The summed E-state index contributed by atoms with van der Waals surface area (Å²) in [4.78, 5) is 12.1. The smallest absolute Gasteiger partial charge is 0.200 e. The van der Waals surface area contributed by atoms with Gasteiger partial charge in [0, 0.05) is 10.6 Å². The van der Waals surface area contributed by atoms with Crippen molar-refractivity contribution in [2.75, 3.05) is 6.61 Å². The zero-order chi connectivity index (χ0) is 14.5. The lowest BCUT2D eigenvalue weighted by Gasteiger charge is -2.13. The van der Waals surface area contributed by atoms with Crippen LogP contribution in [0.1, 0.15) is 35.7 Å². The molecule has 0 heterocycles. The number of halogens is 1. The maximum Gasteiger partial charge on any atom is 0.200 e. The Balaban J connectivity index is 2.07. The average molecular weight is 289 g/mol. The van der Waals surface area contributed by atoms with Crippen LogP contribution >= 0.6 is 11.6 Å². The predicted octanol–water partition coefficient (Wildman–Crippen LogP) is 4.73. The van der Waals surface area contributed by atoms with Gasteiger partial charge < -0.3 is 4.74 Å². The van der Waals surface area contributed by atoms with Crippen molar-refractivity contribution in [3.63, 3.8) is 0 Å². The van der Waals surface area contributed by atoms with Crippen molar-refractivity contribution in [1.29, 1.82) is 0 Å². The second kappa shape index (κ2) is 6.58. The molecule has 0 aliphatic rings. The van der Waals surface area contributed by atoms with E-state index < -0.39 is 0 Å². The standard InChI is InChI=1S/C17H17ClO2/c1-12(2)15-8-3-4-9-17(15)20-11-16(19)13-6-5-7-14(18)10-13/h3-10,12H,11H2,1-2H3. The Labute approximate surface area is 124 Å². The minimum atomic E-state index is -0.0777. The van der Waals surface area contributed by atoms with Crippen molar-refractivity contribution in [1.82, 2.24) is 0 Å². The van der Waals surface area contributed by atoms with Crippen LogP contribution in [0.3, 0.4) is 0 Å². The van der Waals surface area contributed by atoms with Gasteiger partial charge in [-0.1, -0.05) is 55.8 Å². The van der Waals surface area contributed by atoms with E-state index in [0.29, 0.717) is 16.5 Å². The summed E-state index contributed by atoms with van der Waals surface area (Å²) in [5.41, 5.74) is 1.67. The number of ether oxygens (including phenoxy) is 1. The van der Waals surface area contributed by atoms with Crippen LogP contribution in [0.4, 0.5) is 0 Å². The molecular weight excluding hydrogens is 272 g/mol. The minimum absolute atomic E-state index is 0.0179. The summed E-state index contributed by atoms with van der Waals surface area (Å²) in [6.07, 6.45) is 0. The van der Waals surface area contributed by atoms with Gasteiger partial charge >= 0.3 is 0 Å². The first-order valence-corrected chi connectivity index (χ1v) is 6.96. The molecule has 2 nitrogen and oxygen atoms in total. The molecule has 3 heteroatoms. The quantitative estimate of drug-likeness (QED) is 0.744. The zero-order valence-corrected chi connectivity index (χ0v) is 12.4. The van der Waals surface area contributed by atoms with Gasteiger partial charge in [0.15, 0.2) is 12.4 Å². The lowest BCUT2D eigenvalue weighted by molar-refractivity contribution is 0.0920. The lowest BCUT2D eigenvalue weighted by Crippen LogP contribution is -2.12. The number of para-hydroxylation sites is 1. The third kappa shape index (κ3) is 3.61. The molecule has 0 spiro atoms. The van der Waals surface area contributed by atoms with E-state index in [4.69, 9.17) is 16.3 Å². The molecule has 0 fully saturated rings. The Bertz CT molecular complexity index is 605. The minimum Gasteiger partial charge on any atom is -0.485 e. The van der Waals surface area contributed by atoms with E-state index in [-0.39, 0.29) is 12.4 Å². The molecule has 0 unspecified atom stereocenters. The Morgan fingerprint density at radius 2 is 1.90 bits per heavy atom. The molecule has 104 valence electrons. The largest absolute Gasteiger partial charge is 0.485 e. The molecule has 0 saturated heterocycles. The van der Waals surface area contributed by atoms with Crippen LogP contribution in [-0.2, 0) is 0 Å². The fraction of sp³-hybridized carbons (Fsp3) is 0.235. The number of hydrogen-bond donors (Lipinski definition) is 0. The zero-order valence-electron chi connectivity index (χ0n) is 11.6. The lowest BCUT2D eigenvalue weighted by atomic mass is 10.0. The van der Waals surface area contributed by atoms with E-state index in [1.54, 1.807) is 24.3 Å². The maximum atomic E-state index is 12.1. The second-order valence-electron chi connectivity index (χ2n) is 4.91. The summed E-state index contributed by atoms with van der Waals surface area (Å²) >= 11 is 5.88. The van der Waals surface area contributed by atoms with Crippen molar-refractivity contribution < 1.29 is 9.53 Å². The fourth-order valence-corrected chi connectivity index (χ4v) is 2.17. The molecule has 0 radical (unpaired) electrons. The molecule has 0 saturated carbocycles. The van der Waals surface area contributed by atoms with Crippen LogP contribution < -0.4 is 4.74 Å². The molecule has 0 amide bonds. The number of benzene rings is 2. The van der Waals surface area contributed by atoms with Crippen molar-refractivity contribution in [2.24, 2.45) is 0 Å². The highest BCUT2D eigenvalue weighted by atomic mass is 35.5.